The van der Waals surface area contributed by atoms with E-state index in [0.717, 1.165) is 43.2 Å². The molecule has 1 saturated heterocycles. The van der Waals surface area contributed by atoms with Crippen LogP contribution in [-0.4, -0.2) is 35.9 Å². The molecule has 0 spiro atoms. The molecule has 0 unspecified atom stereocenters. The van der Waals surface area contributed by atoms with E-state index in [1.54, 1.807) is 29.7 Å². The topological polar surface area (TPSA) is 45.2 Å². The van der Waals surface area contributed by atoms with Crippen molar-refractivity contribution in [1.29, 1.82) is 0 Å². The van der Waals surface area contributed by atoms with Crippen LogP contribution in [-0.2, 0) is 11.3 Å². The van der Waals surface area contributed by atoms with Gasteiger partial charge in [0, 0.05) is 35.8 Å². The molecule has 1 fully saturated rings. The van der Waals surface area contributed by atoms with Gasteiger partial charge in [0.15, 0.2) is 0 Å². The van der Waals surface area contributed by atoms with Gasteiger partial charge in [0.2, 0.25) is 5.91 Å². The summed E-state index contributed by atoms with van der Waals surface area (Å²) in [4.78, 5) is 18.7. The normalized spacial score (nSPS) is 17.0. The number of nitrogens with one attached hydrogen (secondary N) is 1. The molecule has 1 N–H and O–H groups in total. The van der Waals surface area contributed by atoms with Crippen LogP contribution in [0.1, 0.15) is 18.5 Å². The first-order valence-corrected chi connectivity index (χ1v) is 8.99. The fourth-order valence-electron chi connectivity index (χ4n) is 2.68. The maximum absolute atomic E-state index is 11.6. The van der Waals surface area contributed by atoms with Crippen LogP contribution in [0.25, 0.3) is 10.6 Å². The number of rotatable bonds is 4. The number of nitrogens with zero attached hydrogens (tertiary/aromatic N) is 2. The molecule has 112 valence electrons. The number of carbonyl (C=O) groups excluding carboxylic acids is 1. The fraction of sp³-hybridized carbons (Fsp3) is 0.467. The monoisotopic (exact) mass is 321 g/mol. The Morgan fingerprint density at radius 2 is 2.24 bits per heavy atom. The highest BCUT2D eigenvalue weighted by Gasteiger charge is 2.24. The van der Waals surface area contributed by atoms with E-state index in [0.29, 0.717) is 0 Å². The molecule has 6 heteroatoms. The summed E-state index contributed by atoms with van der Waals surface area (Å²) < 4.78 is 0. The van der Waals surface area contributed by atoms with Crippen LogP contribution in [0.4, 0.5) is 0 Å². The summed E-state index contributed by atoms with van der Waals surface area (Å²) in [6.45, 7) is 2.84. The molecule has 1 aliphatic rings. The summed E-state index contributed by atoms with van der Waals surface area (Å²) in [5, 5.41) is 10.2. The smallest absolute Gasteiger partial charge is 0.222 e. The van der Waals surface area contributed by atoms with E-state index >= 15 is 0 Å². The lowest BCUT2D eigenvalue weighted by atomic mass is 9.96. The van der Waals surface area contributed by atoms with Gasteiger partial charge >= 0.3 is 0 Å². The lowest BCUT2D eigenvalue weighted by Crippen LogP contribution is -2.39. The zero-order valence-corrected chi connectivity index (χ0v) is 13.7. The summed E-state index contributed by atoms with van der Waals surface area (Å²) in [5.41, 5.74) is 2.36. The minimum atomic E-state index is 0.183. The van der Waals surface area contributed by atoms with Gasteiger partial charge < -0.3 is 5.32 Å². The van der Waals surface area contributed by atoms with Gasteiger partial charge in [-0.1, -0.05) is 0 Å². The first kappa shape index (κ1) is 14.7. The Bertz CT molecular complexity index is 586. The van der Waals surface area contributed by atoms with Crippen LogP contribution in [0, 0.1) is 5.92 Å². The number of amides is 1. The van der Waals surface area contributed by atoms with Crippen LogP contribution >= 0.6 is 22.7 Å². The van der Waals surface area contributed by atoms with E-state index in [1.807, 2.05) is 0 Å². The van der Waals surface area contributed by atoms with E-state index in [1.165, 1.54) is 5.56 Å². The van der Waals surface area contributed by atoms with E-state index in [9.17, 15) is 4.79 Å². The SMILES string of the molecule is CNC(=O)C1CCN(Cc2csc(-c3ccsc3)n2)CC1. The van der Waals surface area contributed by atoms with Crippen molar-refractivity contribution in [1.82, 2.24) is 15.2 Å². The van der Waals surface area contributed by atoms with Crippen molar-refractivity contribution in [2.24, 2.45) is 5.92 Å². The molecule has 1 aliphatic heterocycles. The number of hydrogen-bond donors (Lipinski definition) is 1. The molecule has 0 aliphatic carbocycles. The Labute approximate surface area is 132 Å². The zero-order valence-electron chi connectivity index (χ0n) is 12.0. The molecule has 0 saturated carbocycles. The number of piperidine rings is 1. The number of hydrogen-bond acceptors (Lipinski definition) is 5. The Morgan fingerprint density at radius 1 is 1.43 bits per heavy atom. The Kier molecular flexibility index (Phi) is 4.67. The molecule has 2 aromatic rings. The molecule has 4 nitrogen and oxygen atoms in total. The summed E-state index contributed by atoms with van der Waals surface area (Å²) in [5.74, 6) is 0.367. The number of likely N-dealkylation sites (tertiary alicyclic amines) is 1. The van der Waals surface area contributed by atoms with Gasteiger partial charge in [-0.05, 0) is 37.4 Å². The summed E-state index contributed by atoms with van der Waals surface area (Å²) in [7, 11) is 1.72. The molecule has 3 rings (SSSR count). The molecule has 0 atom stereocenters. The average molecular weight is 321 g/mol. The molecule has 21 heavy (non-hydrogen) atoms. The minimum Gasteiger partial charge on any atom is -0.359 e. The van der Waals surface area contributed by atoms with E-state index in [2.05, 4.69) is 32.4 Å². The largest absolute Gasteiger partial charge is 0.359 e. The quantitative estimate of drug-likeness (QED) is 0.942. The van der Waals surface area contributed by atoms with Gasteiger partial charge in [-0.25, -0.2) is 4.98 Å². The van der Waals surface area contributed by atoms with Crippen LogP contribution in [0.2, 0.25) is 0 Å². The first-order chi connectivity index (χ1) is 10.3. The summed E-state index contributed by atoms with van der Waals surface area (Å²) in [6.07, 6.45) is 1.89. The highest BCUT2D eigenvalue weighted by atomic mass is 32.1. The predicted octanol–water partition coefficient (Wildman–Crippen LogP) is 2.83. The van der Waals surface area contributed by atoms with Crippen molar-refractivity contribution in [3.63, 3.8) is 0 Å². The fourth-order valence-corrected chi connectivity index (χ4v) is 4.21. The Balaban J connectivity index is 1.55. The highest BCUT2D eigenvalue weighted by molar-refractivity contribution is 7.14. The standard InChI is InChI=1S/C15H19N3OS2/c1-16-14(19)11-2-5-18(6-3-11)8-13-10-21-15(17-13)12-4-7-20-9-12/h4,7,9-11H,2-3,5-6,8H2,1H3,(H,16,19). The van der Waals surface area contributed by atoms with E-state index in [-0.39, 0.29) is 11.8 Å². The zero-order chi connectivity index (χ0) is 14.7. The lowest BCUT2D eigenvalue weighted by Gasteiger charge is -2.30. The second-order valence-electron chi connectivity index (χ2n) is 5.32. The maximum Gasteiger partial charge on any atom is 0.222 e. The molecular formula is C15H19N3OS2. The van der Waals surface area contributed by atoms with Gasteiger partial charge in [0.1, 0.15) is 5.01 Å². The molecule has 0 aromatic carbocycles. The van der Waals surface area contributed by atoms with E-state index < -0.39 is 0 Å². The van der Waals surface area contributed by atoms with Crippen molar-refractivity contribution < 1.29 is 4.79 Å². The van der Waals surface area contributed by atoms with Crippen molar-refractivity contribution in [3.8, 4) is 10.6 Å². The van der Waals surface area contributed by atoms with Crippen molar-refractivity contribution in [2.45, 2.75) is 19.4 Å². The van der Waals surface area contributed by atoms with Gasteiger partial charge in [0.25, 0.3) is 0 Å². The lowest BCUT2D eigenvalue weighted by molar-refractivity contribution is -0.125. The predicted molar refractivity (Wildman–Crippen MR) is 87.5 cm³/mol. The van der Waals surface area contributed by atoms with Gasteiger partial charge in [-0.15, -0.1) is 11.3 Å². The average Bonchev–Trinajstić information content (AvgIpc) is 3.18. The number of thiophene rings is 1. The second kappa shape index (κ2) is 6.68. The van der Waals surface area contributed by atoms with Crippen LogP contribution in [0.3, 0.4) is 0 Å². The van der Waals surface area contributed by atoms with Crippen molar-refractivity contribution in [3.05, 3.63) is 27.9 Å². The number of thiazole rings is 1. The third kappa shape index (κ3) is 3.51. The Hall–Kier alpha value is -1.24. The van der Waals surface area contributed by atoms with Gasteiger partial charge in [0.05, 0.1) is 5.69 Å². The third-order valence-electron chi connectivity index (χ3n) is 3.91. The number of carbonyl (C=O) groups is 1. The minimum absolute atomic E-state index is 0.183. The Morgan fingerprint density at radius 3 is 2.90 bits per heavy atom. The molecule has 3 heterocycles. The van der Waals surface area contributed by atoms with Gasteiger partial charge in [-0.2, -0.15) is 11.3 Å². The summed E-state index contributed by atoms with van der Waals surface area (Å²) >= 11 is 3.41. The maximum atomic E-state index is 11.6. The van der Waals surface area contributed by atoms with Crippen LogP contribution in [0.15, 0.2) is 22.2 Å². The third-order valence-corrected chi connectivity index (χ3v) is 5.53. The van der Waals surface area contributed by atoms with Crippen LogP contribution in [0.5, 0.6) is 0 Å². The molecule has 0 radical (unpaired) electrons. The van der Waals surface area contributed by atoms with E-state index in [4.69, 9.17) is 4.98 Å². The van der Waals surface area contributed by atoms with Crippen molar-refractivity contribution in [2.75, 3.05) is 20.1 Å². The highest BCUT2D eigenvalue weighted by Crippen LogP contribution is 2.27. The first-order valence-electron chi connectivity index (χ1n) is 7.17. The second-order valence-corrected chi connectivity index (χ2v) is 6.96. The van der Waals surface area contributed by atoms with Gasteiger partial charge in [-0.3, -0.25) is 9.69 Å². The van der Waals surface area contributed by atoms with Crippen LogP contribution < -0.4 is 5.32 Å². The molecule has 0 bridgehead atoms. The van der Waals surface area contributed by atoms with Crippen molar-refractivity contribution >= 4 is 28.6 Å². The summed E-state index contributed by atoms with van der Waals surface area (Å²) in [6, 6.07) is 2.11. The molecular weight excluding hydrogens is 302 g/mol. The number of aromatic nitrogens is 1. The molecule has 2 aromatic heterocycles. The molecule has 1 amide bonds.